The molecule has 7 heteroatoms. The largest absolute Gasteiger partial charge is 0.369 e. The second-order valence-corrected chi connectivity index (χ2v) is 7.88. The second kappa shape index (κ2) is 6.54. The fourth-order valence-corrected chi connectivity index (χ4v) is 5.06. The molecule has 1 aromatic carbocycles. The van der Waals surface area contributed by atoms with E-state index in [1.165, 1.54) is 16.7 Å². The van der Waals surface area contributed by atoms with Crippen molar-refractivity contribution >= 4 is 35.0 Å². The third-order valence-electron chi connectivity index (χ3n) is 4.41. The molecule has 1 unspecified atom stereocenters. The summed E-state index contributed by atoms with van der Waals surface area (Å²) in [5.74, 6) is 0.197. The molecule has 3 rings (SSSR count). The standard InChI is InChI=1S/C18H18N4OS2/c1-18(15(24-3)16(23)22(2)17(20)21-18)14-8-13(10-25-14)12-6-4-5-11(7-12)9-19/h4-8,10,15H,1-3H3,(H2,20,21)/t15?,18-/m1/s1. The second-order valence-electron chi connectivity index (χ2n) is 6.02. The van der Waals surface area contributed by atoms with Crippen LogP contribution in [-0.2, 0) is 10.3 Å². The van der Waals surface area contributed by atoms with Crippen molar-refractivity contribution in [3.63, 3.8) is 0 Å². The highest BCUT2D eigenvalue weighted by Crippen LogP contribution is 2.43. The van der Waals surface area contributed by atoms with Gasteiger partial charge in [0.05, 0.1) is 11.6 Å². The number of benzene rings is 1. The number of nitriles is 1. The molecule has 2 atom stereocenters. The molecular formula is C18H18N4OS2. The van der Waals surface area contributed by atoms with Crippen molar-refractivity contribution in [2.75, 3.05) is 13.3 Å². The summed E-state index contributed by atoms with van der Waals surface area (Å²) < 4.78 is 0. The molecule has 0 aliphatic carbocycles. The molecule has 5 nitrogen and oxygen atoms in total. The number of carbonyl (C=O) groups excluding carboxylic acids is 1. The van der Waals surface area contributed by atoms with E-state index in [0.717, 1.165) is 16.0 Å². The lowest BCUT2D eigenvalue weighted by Crippen LogP contribution is -2.55. The van der Waals surface area contributed by atoms with Crippen LogP contribution in [0.2, 0.25) is 0 Å². The maximum atomic E-state index is 12.6. The minimum absolute atomic E-state index is 0.0380. The third kappa shape index (κ3) is 2.92. The molecule has 25 heavy (non-hydrogen) atoms. The van der Waals surface area contributed by atoms with Gasteiger partial charge in [-0.25, -0.2) is 4.99 Å². The van der Waals surface area contributed by atoms with Gasteiger partial charge >= 0.3 is 0 Å². The van der Waals surface area contributed by atoms with Gasteiger partial charge in [0.25, 0.3) is 0 Å². The van der Waals surface area contributed by atoms with Gasteiger partial charge in [-0.15, -0.1) is 23.1 Å². The zero-order valence-corrected chi connectivity index (χ0v) is 15.8. The number of rotatable bonds is 3. The van der Waals surface area contributed by atoms with Crippen LogP contribution < -0.4 is 5.73 Å². The Labute approximate surface area is 155 Å². The Hall–Kier alpha value is -2.30. The van der Waals surface area contributed by atoms with Gasteiger partial charge in [0.1, 0.15) is 10.8 Å². The average Bonchev–Trinajstić information content (AvgIpc) is 3.11. The number of thiophene rings is 1. The lowest BCUT2D eigenvalue weighted by atomic mass is 9.92. The Bertz CT molecular complexity index is 898. The molecule has 0 spiro atoms. The molecule has 128 valence electrons. The SMILES string of the molecule is CSC1C(=O)N(C)C(N)=N[C@]1(C)c1cc(-c2cccc(C#N)c2)cs1. The summed E-state index contributed by atoms with van der Waals surface area (Å²) >= 11 is 3.04. The van der Waals surface area contributed by atoms with E-state index in [-0.39, 0.29) is 17.1 Å². The highest BCUT2D eigenvalue weighted by molar-refractivity contribution is 8.00. The number of thioether (sulfide) groups is 1. The molecule has 2 heterocycles. The fourth-order valence-electron chi connectivity index (χ4n) is 2.94. The zero-order chi connectivity index (χ0) is 18.2. The number of carbonyl (C=O) groups is 1. The number of hydrogen-bond acceptors (Lipinski definition) is 6. The maximum Gasteiger partial charge on any atom is 0.244 e. The van der Waals surface area contributed by atoms with Crippen LogP contribution in [0.25, 0.3) is 11.1 Å². The van der Waals surface area contributed by atoms with E-state index in [1.54, 1.807) is 24.5 Å². The summed E-state index contributed by atoms with van der Waals surface area (Å²) in [5.41, 5.74) is 7.87. The smallest absolute Gasteiger partial charge is 0.244 e. The molecule has 2 N–H and O–H groups in total. The topological polar surface area (TPSA) is 82.5 Å². The predicted octanol–water partition coefficient (Wildman–Crippen LogP) is 3.02. The Morgan fingerprint density at radius 2 is 2.16 bits per heavy atom. The molecule has 0 bridgehead atoms. The van der Waals surface area contributed by atoms with Crippen molar-refractivity contribution in [2.45, 2.75) is 17.7 Å². The Balaban J connectivity index is 2.06. The average molecular weight is 371 g/mol. The van der Waals surface area contributed by atoms with Gasteiger partial charge in [-0.2, -0.15) is 5.26 Å². The van der Waals surface area contributed by atoms with Crippen LogP contribution in [0, 0.1) is 11.3 Å². The molecule has 0 saturated carbocycles. The molecule has 1 amide bonds. The first-order valence-electron chi connectivity index (χ1n) is 7.66. The number of guanidine groups is 1. The lowest BCUT2D eigenvalue weighted by molar-refractivity contribution is -0.127. The molecule has 1 aromatic heterocycles. The normalized spacial score (nSPS) is 23.3. The number of amides is 1. The molecule has 0 saturated heterocycles. The van der Waals surface area contributed by atoms with Crippen molar-refractivity contribution in [1.29, 1.82) is 5.26 Å². The molecular weight excluding hydrogens is 352 g/mol. The molecule has 0 radical (unpaired) electrons. The van der Waals surface area contributed by atoms with Gasteiger partial charge in [0.2, 0.25) is 5.91 Å². The van der Waals surface area contributed by atoms with Gasteiger partial charge in [0.15, 0.2) is 5.96 Å². The summed E-state index contributed by atoms with van der Waals surface area (Å²) in [4.78, 5) is 19.7. The monoisotopic (exact) mass is 370 g/mol. The van der Waals surface area contributed by atoms with Crippen LogP contribution in [0.4, 0.5) is 0 Å². The van der Waals surface area contributed by atoms with Crippen molar-refractivity contribution in [3.8, 4) is 17.2 Å². The molecule has 1 aliphatic heterocycles. The molecule has 1 aliphatic rings. The van der Waals surface area contributed by atoms with Crippen LogP contribution in [0.1, 0.15) is 17.4 Å². The third-order valence-corrected chi connectivity index (χ3v) is 6.70. The van der Waals surface area contributed by atoms with Gasteiger partial charge in [-0.3, -0.25) is 9.69 Å². The Morgan fingerprint density at radius 1 is 1.40 bits per heavy atom. The van der Waals surface area contributed by atoms with Crippen molar-refractivity contribution < 1.29 is 4.79 Å². The quantitative estimate of drug-likeness (QED) is 0.900. The lowest BCUT2D eigenvalue weighted by Gasteiger charge is -2.38. The van der Waals surface area contributed by atoms with Gasteiger partial charge in [-0.1, -0.05) is 12.1 Å². The van der Waals surface area contributed by atoms with E-state index < -0.39 is 5.54 Å². The summed E-state index contributed by atoms with van der Waals surface area (Å²) in [6.07, 6.45) is 1.91. The predicted molar refractivity (Wildman–Crippen MR) is 104 cm³/mol. The first kappa shape index (κ1) is 17.5. The van der Waals surface area contributed by atoms with Crippen molar-refractivity contribution in [1.82, 2.24) is 4.90 Å². The first-order chi connectivity index (χ1) is 11.9. The van der Waals surface area contributed by atoms with E-state index in [4.69, 9.17) is 11.0 Å². The Morgan fingerprint density at radius 3 is 2.84 bits per heavy atom. The van der Waals surface area contributed by atoms with Gasteiger partial charge < -0.3 is 5.73 Å². The molecule has 2 aromatic rings. The zero-order valence-electron chi connectivity index (χ0n) is 14.2. The maximum absolute atomic E-state index is 12.6. The summed E-state index contributed by atoms with van der Waals surface area (Å²) in [5, 5.41) is 10.8. The van der Waals surface area contributed by atoms with Gasteiger partial charge in [0, 0.05) is 11.9 Å². The summed E-state index contributed by atoms with van der Waals surface area (Å²) in [6, 6.07) is 11.7. The van der Waals surface area contributed by atoms with E-state index in [2.05, 4.69) is 11.1 Å². The fraction of sp³-hybridized carbons (Fsp3) is 0.278. The van der Waals surface area contributed by atoms with E-state index >= 15 is 0 Å². The van der Waals surface area contributed by atoms with Crippen LogP contribution in [-0.4, -0.2) is 35.3 Å². The first-order valence-corrected chi connectivity index (χ1v) is 9.82. The number of hydrogen-bond donors (Lipinski definition) is 1. The Kier molecular flexibility index (Phi) is 4.58. The van der Waals surface area contributed by atoms with Crippen molar-refractivity contribution in [2.24, 2.45) is 10.7 Å². The highest BCUT2D eigenvalue weighted by Gasteiger charge is 2.46. The number of nitrogens with zero attached hydrogens (tertiary/aromatic N) is 3. The minimum Gasteiger partial charge on any atom is -0.369 e. The van der Waals surface area contributed by atoms with Crippen LogP contribution in [0.15, 0.2) is 40.7 Å². The summed E-state index contributed by atoms with van der Waals surface area (Å²) in [6.45, 7) is 1.95. The summed E-state index contributed by atoms with van der Waals surface area (Å²) in [7, 11) is 1.65. The van der Waals surface area contributed by atoms with Crippen LogP contribution in [0.3, 0.4) is 0 Å². The minimum atomic E-state index is -0.706. The van der Waals surface area contributed by atoms with E-state index in [1.807, 2.05) is 42.8 Å². The van der Waals surface area contributed by atoms with Crippen LogP contribution >= 0.6 is 23.1 Å². The highest BCUT2D eigenvalue weighted by atomic mass is 32.2. The number of nitrogens with two attached hydrogens (primary N) is 1. The van der Waals surface area contributed by atoms with Gasteiger partial charge in [-0.05, 0) is 47.9 Å². The van der Waals surface area contributed by atoms with Crippen molar-refractivity contribution in [3.05, 3.63) is 46.2 Å². The van der Waals surface area contributed by atoms with E-state index in [0.29, 0.717) is 5.56 Å². The number of aliphatic imine (C=N–C) groups is 1. The molecule has 0 fully saturated rings. The van der Waals surface area contributed by atoms with Crippen LogP contribution in [0.5, 0.6) is 0 Å². The van der Waals surface area contributed by atoms with E-state index in [9.17, 15) is 4.79 Å².